The van der Waals surface area contributed by atoms with Crippen LogP contribution in [0.2, 0.25) is 0 Å². The average Bonchev–Trinajstić information content (AvgIpc) is 3.36. The Kier molecular flexibility index (Phi) is 3.92. The molecule has 0 fully saturated rings. The molecule has 1 aromatic heterocycles. The van der Waals surface area contributed by atoms with E-state index in [-0.39, 0.29) is 5.91 Å². The zero-order valence-corrected chi connectivity index (χ0v) is 17.1. The smallest absolute Gasteiger partial charge is 0.258 e. The van der Waals surface area contributed by atoms with Crippen molar-refractivity contribution in [2.75, 3.05) is 4.90 Å². The standard InChI is InChI=1S/C27H19N3O2/c28-26(31)24-23(16-8-2-1-3-9-16)22(30-15-17-10-4-5-11-18(17)27(30)32)14-20-19-12-6-7-13-21(19)29-25(20)24/h1-14,29H,15H2,(H2,28,31). The quantitative estimate of drug-likeness (QED) is 0.421. The van der Waals surface area contributed by atoms with E-state index in [0.29, 0.717) is 34.4 Å². The number of aromatic amines is 1. The normalized spacial score (nSPS) is 13.1. The van der Waals surface area contributed by atoms with Crippen LogP contribution in [0.1, 0.15) is 26.3 Å². The lowest BCUT2D eigenvalue weighted by molar-refractivity contribution is 0.0988. The fourth-order valence-electron chi connectivity index (χ4n) is 4.78. The van der Waals surface area contributed by atoms with Crippen molar-refractivity contribution in [2.24, 2.45) is 5.73 Å². The van der Waals surface area contributed by atoms with E-state index in [9.17, 15) is 9.59 Å². The Bertz CT molecular complexity index is 1550. The molecule has 5 heteroatoms. The van der Waals surface area contributed by atoms with Gasteiger partial charge in [-0.15, -0.1) is 0 Å². The van der Waals surface area contributed by atoms with Gasteiger partial charge in [0.15, 0.2) is 0 Å². The molecule has 0 saturated carbocycles. The second kappa shape index (κ2) is 6.82. The van der Waals surface area contributed by atoms with E-state index in [2.05, 4.69) is 4.98 Å². The minimum Gasteiger partial charge on any atom is -0.366 e. The highest BCUT2D eigenvalue weighted by molar-refractivity contribution is 6.22. The van der Waals surface area contributed by atoms with Gasteiger partial charge in [-0.2, -0.15) is 0 Å². The van der Waals surface area contributed by atoms with Crippen LogP contribution in [-0.4, -0.2) is 16.8 Å². The number of nitrogens with zero attached hydrogens (tertiary/aromatic N) is 1. The van der Waals surface area contributed by atoms with Crippen LogP contribution in [0.5, 0.6) is 0 Å². The summed E-state index contributed by atoms with van der Waals surface area (Å²) in [6.07, 6.45) is 0. The number of fused-ring (bicyclic) bond motifs is 4. The molecule has 1 aliphatic heterocycles. The summed E-state index contributed by atoms with van der Waals surface area (Å²) in [5, 5.41) is 1.85. The lowest BCUT2D eigenvalue weighted by Crippen LogP contribution is -2.25. The molecule has 2 amide bonds. The molecule has 32 heavy (non-hydrogen) atoms. The number of hydrogen-bond donors (Lipinski definition) is 2. The molecule has 154 valence electrons. The summed E-state index contributed by atoms with van der Waals surface area (Å²) in [6, 6.07) is 27.1. The summed E-state index contributed by atoms with van der Waals surface area (Å²) in [5.41, 5.74) is 11.8. The predicted octanol–water partition coefficient (Wildman–Crippen LogP) is 5.25. The molecule has 0 bridgehead atoms. The fourth-order valence-corrected chi connectivity index (χ4v) is 4.78. The van der Waals surface area contributed by atoms with Crippen molar-refractivity contribution in [3.63, 3.8) is 0 Å². The highest BCUT2D eigenvalue weighted by Crippen LogP contribution is 2.43. The van der Waals surface area contributed by atoms with Crippen molar-refractivity contribution >= 4 is 39.3 Å². The number of nitrogens with two attached hydrogens (primary N) is 1. The van der Waals surface area contributed by atoms with Gasteiger partial charge in [0.25, 0.3) is 11.8 Å². The molecule has 0 unspecified atom stereocenters. The van der Waals surface area contributed by atoms with E-state index < -0.39 is 5.91 Å². The summed E-state index contributed by atoms with van der Waals surface area (Å²) >= 11 is 0. The largest absolute Gasteiger partial charge is 0.366 e. The van der Waals surface area contributed by atoms with Gasteiger partial charge in [0, 0.05) is 27.4 Å². The van der Waals surface area contributed by atoms with Crippen molar-refractivity contribution in [1.29, 1.82) is 0 Å². The van der Waals surface area contributed by atoms with Crippen LogP contribution in [0.4, 0.5) is 5.69 Å². The topological polar surface area (TPSA) is 79.2 Å². The Balaban J connectivity index is 1.73. The van der Waals surface area contributed by atoms with Gasteiger partial charge in [0.2, 0.25) is 0 Å². The Morgan fingerprint density at radius 2 is 1.59 bits per heavy atom. The molecule has 5 nitrogen and oxygen atoms in total. The maximum atomic E-state index is 13.4. The molecule has 0 radical (unpaired) electrons. The van der Waals surface area contributed by atoms with Crippen molar-refractivity contribution in [3.05, 3.63) is 102 Å². The minimum absolute atomic E-state index is 0.0765. The number of anilines is 1. The maximum Gasteiger partial charge on any atom is 0.258 e. The lowest BCUT2D eigenvalue weighted by Gasteiger charge is -2.23. The summed E-state index contributed by atoms with van der Waals surface area (Å²) < 4.78 is 0. The molecular weight excluding hydrogens is 398 g/mol. The molecule has 0 aliphatic carbocycles. The Labute approximate surface area is 184 Å². The van der Waals surface area contributed by atoms with E-state index in [1.54, 1.807) is 4.90 Å². The molecule has 6 rings (SSSR count). The van der Waals surface area contributed by atoms with Gasteiger partial charge in [-0.3, -0.25) is 9.59 Å². The zero-order chi connectivity index (χ0) is 21.8. The summed E-state index contributed by atoms with van der Waals surface area (Å²) in [4.78, 5) is 31.4. The van der Waals surface area contributed by atoms with E-state index >= 15 is 0 Å². The van der Waals surface area contributed by atoms with E-state index in [0.717, 1.165) is 27.4 Å². The number of aromatic nitrogens is 1. The van der Waals surface area contributed by atoms with Gasteiger partial charge >= 0.3 is 0 Å². The van der Waals surface area contributed by atoms with Crippen molar-refractivity contribution in [3.8, 4) is 11.1 Å². The second-order valence-corrected chi connectivity index (χ2v) is 8.02. The van der Waals surface area contributed by atoms with Crippen molar-refractivity contribution in [1.82, 2.24) is 4.98 Å². The SMILES string of the molecule is NC(=O)c1c(-c2ccccc2)c(N2Cc3ccccc3C2=O)cc2c1[nH]c1ccccc12. The summed E-state index contributed by atoms with van der Waals surface area (Å²) in [5.74, 6) is -0.612. The minimum atomic E-state index is -0.536. The third-order valence-corrected chi connectivity index (χ3v) is 6.20. The first kappa shape index (κ1) is 18.4. The van der Waals surface area contributed by atoms with Crippen LogP contribution in [0.15, 0.2) is 84.9 Å². The first-order valence-electron chi connectivity index (χ1n) is 10.5. The van der Waals surface area contributed by atoms with Crippen molar-refractivity contribution in [2.45, 2.75) is 6.54 Å². The highest BCUT2D eigenvalue weighted by atomic mass is 16.2. The first-order chi connectivity index (χ1) is 15.6. The second-order valence-electron chi connectivity index (χ2n) is 8.02. The third-order valence-electron chi connectivity index (χ3n) is 6.20. The number of rotatable bonds is 3. The monoisotopic (exact) mass is 417 g/mol. The van der Waals surface area contributed by atoms with Crippen LogP contribution in [0, 0.1) is 0 Å². The zero-order valence-electron chi connectivity index (χ0n) is 17.1. The van der Waals surface area contributed by atoms with E-state index in [1.165, 1.54) is 0 Å². The van der Waals surface area contributed by atoms with Crippen molar-refractivity contribution < 1.29 is 9.59 Å². The number of para-hydroxylation sites is 1. The number of carbonyl (C=O) groups is 2. The Hall–Kier alpha value is -4.38. The molecule has 5 aromatic rings. The number of hydrogen-bond acceptors (Lipinski definition) is 2. The molecule has 0 spiro atoms. The van der Waals surface area contributed by atoms with E-state index in [1.807, 2.05) is 84.9 Å². The van der Waals surface area contributed by atoms with Gasteiger partial charge in [-0.25, -0.2) is 0 Å². The maximum absolute atomic E-state index is 13.4. The molecule has 3 N–H and O–H groups in total. The number of benzene rings is 4. The van der Waals surface area contributed by atoms with Gasteiger partial charge in [-0.05, 0) is 29.3 Å². The van der Waals surface area contributed by atoms with Crippen LogP contribution >= 0.6 is 0 Å². The molecular formula is C27H19N3O2. The molecule has 0 saturated heterocycles. The molecule has 2 heterocycles. The van der Waals surface area contributed by atoms with E-state index in [4.69, 9.17) is 5.73 Å². The van der Waals surface area contributed by atoms with Gasteiger partial charge in [0.1, 0.15) is 0 Å². The van der Waals surface area contributed by atoms with Crippen LogP contribution < -0.4 is 10.6 Å². The summed E-state index contributed by atoms with van der Waals surface area (Å²) in [7, 11) is 0. The van der Waals surface area contributed by atoms with Gasteiger partial charge in [-0.1, -0.05) is 66.7 Å². The van der Waals surface area contributed by atoms with Crippen LogP contribution in [0.3, 0.4) is 0 Å². The number of carbonyl (C=O) groups excluding carboxylic acids is 2. The lowest BCUT2D eigenvalue weighted by atomic mass is 9.93. The first-order valence-corrected chi connectivity index (χ1v) is 10.5. The third kappa shape index (κ3) is 2.58. The fraction of sp³-hybridized carbons (Fsp3) is 0.0370. The number of nitrogens with one attached hydrogen (secondary N) is 1. The highest BCUT2D eigenvalue weighted by Gasteiger charge is 2.32. The number of primary amides is 1. The Morgan fingerprint density at radius 3 is 2.38 bits per heavy atom. The Morgan fingerprint density at radius 1 is 0.875 bits per heavy atom. The van der Waals surface area contributed by atoms with Crippen LogP contribution in [-0.2, 0) is 6.54 Å². The average molecular weight is 417 g/mol. The van der Waals surface area contributed by atoms with Gasteiger partial charge in [0.05, 0.1) is 23.3 Å². The summed E-state index contributed by atoms with van der Waals surface area (Å²) in [6.45, 7) is 0.445. The van der Waals surface area contributed by atoms with Gasteiger partial charge < -0.3 is 15.6 Å². The number of amides is 2. The molecule has 1 aliphatic rings. The number of H-pyrrole nitrogens is 1. The molecule has 0 atom stereocenters. The molecule has 4 aromatic carbocycles. The van der Waals surface area contributed by atoms with Crippen LogP contribution in [0.25, 0.3) is 32.9 Å². The predicted molar refractivity (Wildman–Crippen MR) is 127 cm³/mol.